The van der Waals surface area contributed by atoms with E-state index in [9.17, 15) is 30.6 Å². The molecule has 5 rings (SSSR count). The van der Waals surface area contributed by atoms with Crippen LogP contribution in [0.1, 0.15) is 39.7 Å². The Hall–Kier alpha value is -4.58. The second-order valence-electron chi connectivity index (χ2n) is 8.41. The van der Waals surface area contributed by atoms with E-state index < -0.39 is 11.8 Å². The van der Waals surface area contributed by atoms with Crippen molar-refractivity contribution in [3.63, 3.8) is 0 Å². The first-order chi connectivity index (χ1) is 16.3. The van der Waals surface area contributed by atoms with Gasteiger partial charge in [-0.05, 0) is 70.8 Å². The summed E-state index contributed by atoms with van der Waals surface area (Å²) < 4.78 is 0. The van der Waals surface area contributed by atoms with Crippen LogP contribution in [0, 0.1) is 0 Å². The van der Waals surface area contributed by atoms with Gasteiger partial charge in [-0.2, -0.15) is 0 Å². The first kappa shape index (κ1) is 21.3. The average Bonchev–Trinajstić information content (AvgIpc) is 3.11. The van der Waals surface area contributed by atoms with Crippen molar-refractivity contribution < 1.29 is 30.6 Å². The van der Waals surface area contributed by atoms with E-state index in [0.29, 0.717) is 22.3 Å². The summed E-state index contributed by atoms with van der Waals surface area (Å²) in [6, 6.07) is 20.3. The van der Waals surface area contributed by atoms with Crippen molar-refractivity contribution in [2.45, 2.75) is 11.8 Å². The summed E-state index contributed by atoms with van der Waals surface area (Å²) in [7, 11) is 0. The second kappa shape index (κ2) is 8.08. The minimum Gasteiger partial charge on any atom is -0.508 e. The third-order valence-corrected chi connectivity index (χ3v) is 6.24. The van der Waals surface area contributed by atoms with Gasteiger partial charge in [-0.1, -0.05) is 30.3 Å². The fraction of sp³-hybridized carbons (Fsp3) is 0.0714. The Kier molecular flexibility index (Phi) is 5.06. The molecule has 0 aliphatic heterocycles. The summed E-state index contributed by atoms with van der Waals surface area (Å²) in [6.07, 6.45) is 1.85. The third kappa shape index (κ3) is 3.65. The largest absolute Gasteiger partial charge is 0.508 e. The number of aromatic hydroxyl groups is 6. The molecule has 0 aromatic heterocycles. The highest BCUT2D eigenvalue weighted by Crippen LogP contribution is 2.59. The van der Waals surface area contributed by atoms with Gasteiger partial charge < -0.3 is 30.6 Å². The van der Waals surface area contributed by atoms with Gasteiger partial charge in [0, 0.05) is 29.0 Å². The van der Waals surface area contributed by atoms with Gasteiger partial charge in [-0.15, -0.1) is 0 Å². The second-order valence-corrected chi connectivity index (χ2v) is 8.41. The highest BCUT2D eigenvalue weighted by molar-refractivity contribution is 5.94. The molecular formula is C28H22O6. The van der Waals surface area contributed by atoms with E-state index >= 15 is 0 Å². The van der Waals surface area contributed by atoms with Crippen LogP contribution in [0.3, 0.4) is 0 Å². The van der Waals surface area contributed by atoms with E-state index in [1.807, 2.05) is 6.08 Å². The number of rotatable bonds is 3. The molecule has 1 aliphatic rings. The molecule has 2 atom stereocenters. The molecule has 6 N–H and O–H groups in total. The van der Waals surface area contributed by atoms with E-state index in [2.05, 4.69) is 0 Å². The molecule has 170 valence electrons. The van der Waals surface area contributed by atoms with E-state index in [4.69, 9.17) is 0 Å². The zero-order chi connectivity index (χ0) is 24.0. The normalized spacial score (nSPS) is 18.2. The third-order valence-electron chi connectivity index (χ3n) is 6.24. The Morgan fingerprint density at radius 1 is 0.500 bits per heavy atom. The average molecular weight is 454 g/mol. The lowest BCUT2D eigenvalue weighted by Gasteiger charge is -2.24. The minimum atomic E-state index is -0.548. The Morgan fingerprint density at radius 2 is 1.09 bits per heavy atom. The summed E-state index contributed by atoms with van der Waals surface area (Å²) >= 11 is 0. The predicted molar refractivity (Wildman–Crippen MR) is 128 cm³/mol. The van der Waals surface area contributed by atoms with Crippen molar-refractivity contribution in [3.05, 3.63) is 107 Å². The first-order valence-corrected chi connectivity index (χ1v) is 10.7. The van der Waals surface area contributed by atoms with E-state index in [1.165, 1.54) is 24.3 Å². The van der Waals surface area contributed by atoms with Crippen LogP contribution < -0.4 is 0 Å². The van der Waals surface area contributed by atoms with Gasteiger partial charge in [0.05, 0.1) is 0 Å². The smallest absolute Gasteiger partial charge is 0.127 e. The topological polar surface area (TPSA) is 121 Å². The van der Waals surface area contributed by atoms with Gasteiger partial charge in [-0.3, -0.25) is 0 Å². The molecule has 0 saturated heterocycles. The van der Waals surface area contributed by atoms with Crippen LogP contribution >= 0.6 is 0 Å². The number of hydrogen-bond acceptors (Lipinski definition) is 6. The maximum Gasteiger partial charge on any atom is 0.127 e. The summed E-state index contributed by atoms with van der Waals surface area (Å²) in [6.45, 7) is 0. The summed E-state index contributed by atoms with van der Waals surface area (Å²) in [4.78, 5) is 0. The molecule has 0 fully saturated rings. The Balaban J connectivity index is 1.83. The maximum absolute atomic E-state index is 10.9. The van der Waals surface area contributed by atoms with Crippen LogP contribution in [0.15, 0.2) is 78.9 Å². The molecule has 0 amide bonds. The van der Waals surface area contributed by atoms with Crippen LogP contribution in [0.5, 0.6) is 34.5 Å². The minimum absolute atomic E-state index is 0.0238. The SMILES string of the molecule is Oc1ccc(/C=C2/c3c(O)cc(O)cc3C(c3ccc(O)cc3)C2c2cc(O)ccc2O)cc1. The monoisotopic (exact) mass is 454 g/mol. The van der Waals surface area contributed by atoms with Crippen molar-refractivity contribution >= 4 is 11.6 Å². The zero-order valence-corrected chi connectivity index (χ0v) is 17.9. The van der Waals surface area contributed by atoms with Gasteiger partial charge in [0.2, 0.25) is 0 Å². The molecule has 0 radical (unpaired) electrons. The molecular weight excluding hydrogens is 432 g/mol. The molecule has 2 unspecified atom stereocenters. The van der Waals surface area contributed by atoms with Crippen molar-refractivity contribution in [1.29, 1.82) is 0 Å². The molecule has 34 heavy (non-hydrogen) atoms. The number of fused-ring (bicyclic) bond motifs is 1. The summed E-state index contributed by atoms with van der Waals surface area (Å²) in [5.74, 6) is -1.07. The van der Waals surface area contributed by atoms with Crippen molar-refractivity contribution in [3.8, 4) is 34.5 Å². The quantitative estimate of drug-likeness (QED) is 0.231. The lowest BCUT2D eigenvalue weighted by atomic mass is 9.79. The number of phenols is 6. The Labute approximate surface area is 195 Å². The van der Waals surface area contributed by atoms with Gasteiger partial charge in [-0.25, -0.2) is 0 Å². The first-order valence-electron chi connectivity index (χ1n) is 10.7. The van der Waals surface area contributed by atoms with Crippen molar-refractivity contribution in [2.24, 2.45) is 0 Å². The van der Waals surface area contributed by atoms with Gasteiger partial charge >= 0.3 is 0 Å². The van der Waals surface area contributed by atoms with E-state index in [0.717, 1.165) is 11.1 Å². The molecule has 1 aliphatic carbocycles. The molecule has 0 heterocycles. The number of allylic oxidation sites excluding steroid dienone is 1. The number of phenolic OH excluding ortho intramolecular Hbond substituents is 6. The molecule has 0 saturated carbocycles. The Morgan fingerprint density at radius 3 is 1.76 bits per heavy atom. The highest BCUT2D eigenvalue weighted by Gasteiger charge is 2.42. The number of hydrogen-bond donors (Lipinski definition) is 6. The van der Waals surface area contributed by atoms with Crippen LogP contribution in [0.4, 0.5) is 0 Å². The molecule has 6 nitrogen and oxygen atoms in total. The molecule has 6 heteroatoms. The zero-order valence-electron chi connectivity index (χ0n) is 17.9. The molecule has 4 aromatic rings. The van der Waals surface area contributed by atoms with Gasteiger partial charge in [0.15, 0.2) is 0 Å². The molecule has 4 aromatic carbocycles. The fourth-order valence-electron chi connectivity index (χ4n) is 4.81. The number of benzene rings is 4. The maximum atomic E-state index is 10.9. The van der Waals surface area contributed by atoms with Crippen LogP contribution in [-0.4, -0.2) is 30.6 Å². The van der Waals surface area contributed by atoms with Crippen molar-refractivity contribution in [2.75, 3.05) is 0 Å². The van der Waals surface area contributed by atoms with Gasteiger partial charge in [0.25, 0.3) is 0 Å². The highest BCUT2D eigenvalue weighted by atomic mass is 16.3. The van der Waals surface area contributed by atoms with Crippen LogP contribution in [-0.2, 0) is 0 Å². The molecule has 0 spiro atoms. The van der Waals surface area contributed by atoms with Crippen LogP contribution in [0.2, 0.25) is 0 Å². The summed E-state index contributed by atoms with van der Waals surface area (Å²) in [5.41, 5.74) is 3.79. The molecule has 0 bridgehead atoms. The summed E-state index contributed by atoms with van der Waals surface area (Å²) in [5, 5.41) is 61.8. The van der Waals surface area contributed by atoms with Gasteiger partial charge in [0.1, 0.15) is 34.5 Å². The fourth-order valence-corrected chi connectivity index (χ4v) is 4.81. The lowest BCUT2D eigenvalue weighted by molar-refractivity contribution is 0.448. The Bertz CT molecular complexity index is 1400. The standard InChI is InChI=1S/C28H22O6/c29-17-5-1-15(2-6-17)11-22-27-23(13-20(32)14-25(27)34)26(16-3-7-18(30)8-4-16)28(22)21-12-19(31)9-10-24(21)33/h1-14,26,28-34H/b22-11-. The predicted octanol–water partition coefficient (Wildman–Crippen LogP) is 5.39. The van der Waals surface area contributed by atoms with E-state index in [-0.39, 0.29) is 34.5 Å². The lowest BCUT2D eigenvalue weighted by Crippen LogP contribution is -2.08. The van der Waals surface area contributed by atoms with Crippen molar-refractivity contribution in [1.82, 2.24) is 0 Å². The van der Waals surface area contributed by atoms with Crippen LogP contribution in [0.25, 0.3) is 11.6 Å². The van der Waals surface area contributed by atoms with E-state index in [1.54, 1.807) is 54.6 Å².